The van der Waals surface area contributed by atoms with Crippen LogP contribution in [0.25, 0.3) is 0 Å². The smallest absolute Gasteiger partial charge is 0.418 e. The molecule has 3 nitrogen and oxygen atoms in total. The van der Waals surface area contributed by atoms with Gasteiger partial charge in [-0.15, -0.1) is 0 Å². The van der Waals surface area contributed by atoms with Crippen LogP contribution < -0.4 is 5.32 Å². The zero-order chi connectivity index (χ0) is 15.6. The molecule has 0 bridgehead atoms. The molecule has 0 aliphatic heterocycles. The second-order valence-electron chi connectivity index (χ2n) is 4.16. The molecule has 0 fully saturated rings. The maximum absolute atomic E-state index is 12.8. The van der Waals surface area contributed by atoms with Gasteiger partial charge in [-0.3, -0.25) is 4.79 Å². The van der Waals surface area contributed by atoms with Crippen molar-refractivity contribution in [3.8, 4) is 5.75 Å². The minimum absolute atomic E-state index is 0.0230. The van der Waals surface area contributed by atoms with Crippen molar-refractivity contribution in [2.75, 3.05) is 5.32 Å². The van der Waals surface area contributed by atoms with Gasteiger partial charge in [0.05, 0.1) is 21.8 Å². The van der Waals surface area contributed by atoms with E-state index in [0.717, 1.165) is 18.2 Å². The maximum Gasteiger partial charge on any atom is 0.418 e. The number of anilines is 1. The Labute approximate surface area is 123 Å². The van der Waals surface area contributed by atoms with E-state index in [1.807, 2.05) is 0 Å². The van der Waals surface area contributed by atoms with Gasteiger partial charge in [-0.05, 0) is 30.3 Å². The van der Waals surface area contributed by atoms with Crippen molar-refractivity contribution < 1.29 is 23.1 Å². The number of hydrogen-bond acceptors (Lipinski definition) is 2. The molecular formula is C14H9ClF3NO2. The summed E-state index contributed by atoms with van der Waals surface area (Å²) in [7, 11) is 0. The number of amides is 1. The minimum atomic E-state index is -4.59. The van der Waals surface area contributed by atoms with Crippen LogP contribution in [0.2, 0.25) is 5.02 Å². The van der Waals surface area contributed by atoms with Gasteiger partial charge in [-0.1, -0.05) is 23.7 Å². The summed E-state index contributed by atoms with van der Waals surface area (Å²) < 4.78 is 38.5. The predicted molar refractivity (Wildman–Crippen MR) is 72.5 cm³/mol. The molecule has 0 aromatic heterocycles. The average molecular weight is 316 g/mol. The van der Waals surface area contributed by atoms with Crippen LogP contribution in [0.4, 0.5) is 18.9 Å². The lowest BCUT2D eigenvalue weighted by Gasteiger charge is -2.14. The molecule has 21 heavy (non-hydrogen) atoms. The van der Waals surface area contributed by atoms with Crippen LogP contribution in [-0.4, -0.2) is 11.0 Å². The van der Waals surface area contributed by atoms with Gasteiger partial charge >= 0.3 is 6.18 Å². The van der Waals surface area contributed by atoms with Crippen LogP contribution >= 0.6 is 11.6 Å². The van der Waals surface area contributed by atoms with Gasteiger partial charge in [0.15, 0.2) is 0 Å². The first-order chi connectivity index (χ1) is 9.79. The van der Waals surface area contributed by atoms with E-state index in [1.54, 1.807) is 0 Å². The number of nitrogens with one attached hydrogen (secondary N) is 1. The number of aromatic hydroxyl groups is 1. The third-order valence-corrected chi connectivity index (χ3v) is 3.00. The number of rotatable bonds is 2. The van der Waals surface area contributed by atoms with Crippen molar-refractivity contribution in [2.45, 2.75) is 6.18 Å². The van der Waals surface area contributed by atoms with Crippen molar-refractivity contribution in [1.82, 2.24) is 0 Å². The summed E-state index contributed by atoms with van der Waals surface area (Å²) >= 11 is 5.79. The third kappa shape index (κ3) is 3.46. The van der Waals surface area contributed by atoms with Crippen molar-refractivity contribution in [1.29, 1.82) is 0 Å². The standard InChI is InChI=1S/C14H9ClF3NO2/c15-11-6-5-8(20)7-9(11)13(21)19-12-4-2-1-3-10(12)14(16,17)18/h1-7,20H,(H,19,21). The number of para-hydroxylation sites is 1. The molecule has 2 aromatic rings. The van der Waals surface area contributed by atoms with Crippen LogP contribution in [0.5, 0.6) is 5.75 Å². The van der Waals surface area contributed by atoms with Gasteiger partial charge in [0.2, 0.25) is 0 Å². The Morgan fingerprint density at radius 2 is 1.81 bits per heavy atom. The lowest BCUT2D eigenvalue weighted by Crippen LogP contribution is -2.16. The van der Waals surface area contributed by atoms with Gasteiger partial charge in [-0.2, -0.15) is 13.2 Å². The summed E-state index contributed by atoms with van der Waals surface area (Å²) in [5, 5.41) is 11.5. The summed E-state index contributed by atoms with van der Waals surface area (Å²) in [6, 6.07) is 8.21. The fraction of sp³-hybridized carbons (Fsp3) is 0.0714. The summed E-state index contributed by atoms with van der Waals surface area (Å²) in [5.41, 5.74) is -1.46. The Hall–Kier alpha value is -2.21. The molecule has 1 amide bonds. The van der Waals surface area contributed by atoms with Gasteiger partial charge in [0.1, 0.15) is 5.75 Å². The van der Waals surface area contributed by atoms with Crippen LogP contribution in [0, 0.1) is 0 Å². The maximum atomic E-state index is 12.8. The van der Waals surface area contributed by atoms with E-state index >= 15 is 0 Å². The molecule has 0 aliphatic rings. The molecule has 2 rings (SSSR count). The molecule has 0 saturated heterocycles. The fourth-order valence-electron chi connectivity index (χ4n) is 1.72. The van der Waals surface area contributed by atoms with Crippen molar-refractivity contribution in [2.24, 2.45) is 0 Å². The molecular weight excluding hydrogens is 307 g/mol. The molecule has 0 spiro atoms. The predicted octanol–water partition coefficient (Wildman–Crippen LogP) is 4.32. The lowest BCUT2D eigenvalue weighted by molar-refractivity contribution is -0.136. The first-order valence-corrected chi connectivity index (χ1v) is 6.13. The van der Waals surface area contributed by atoms with E-state index in [1.165, 1.54) is 24.3 Å². The number of halogens is 4. The zero-order valence-corrected chi connectivity index (χ0v) is 11.2. The number of phenolic OH excluding ortho intramolecular Hbond substituents is 1. The van der Waals surface area contributed by atoms with Crippen molar-refractivity contribution >= 4 is 23.2 Å². The van der Waals surface area contributed by atoms with Crippen LogP contribution in [0.1, 0.15) is 15.9 Å². The SMILES string of the molecule is O=C(Nc1ccccc1C(F)(F)F)c1cc(O)ccc1Cl. The summed E-state index contributed by atoms with van der Waals surface area (Å²) in [5.74, 6) is -1.05. The Morgan fingerprint density at radius 1 is 1.14 bits per heavy atom. The molecule has 7 heteroatoms. The number of phenols is 1. The second kappa shape index (κ2) is 5.65. The molecule has 0 atom stereocenters. The van der Waals surface area contributed by atoms with E-state index in [4.69, 9.17) is 11.6 Å². The van der Waals surface area contributed by atoms with Gasteiger partial charge in [0.25, 0.3) is 5.91 Å². The van der Waals surface area contributed by atoms with Gasteiger partial charge in [-0.25, -0.2) is 0 Å². The van der Waals surface area contributed by atoms with E-state index in [9.17, 15) is 23.1 Å². The van der Waals surface area contributed by atoms with Crippen molar-refractivity contribution in [3.63, 3.8) is 0 Å². The molecule has 110 valence electrons. The monoisotopic (exact) mass is 315 g/mol. The molecule has 0 unspecified atom stereocenters. The largest absolute Gasteiger partial charge is 0.508 e. The molecule has 0 aliphatic carbocycles. The number of benzene rings is 2. The highest BCUT2D eigenvalue weighted by Crippen LogP contribution is 2.35. The second-order valence-corrected chi connectivity index (χ2v) is 4.57. The molecule has 0 saturated carbocycles. The summed E-state index contributed by atoms with van der Waals surface area (Å²) in [6.45, 7) is 0. The van der Waals surface area contributed by atoms with E-state index in [0.29, 0.717) is 0 Å². The highest BCUT2D eigenvalue weighted by Gasteiger charge is 2.33. The Balaban J connectivity index is 2.35. The zero-order valence-electron chi connectivity index (χ0n) is 10.4. The fourth-order valence-corrected chi connectivity index (χ4v) is 1.92. The summed E-state index contributed by atoms with van der Waals surface area (Å²) in [6.07, 6.45) is -4.59. The highest BCUT2D eigenvalue weighted by molar-refractivity contribution is 6.34. The molecule has 0 radical (unpaired) electrons. The van der Waals surface area contributed by atoms with E-state index in [-0.39, 0.29) is 22.0 Å². The molecule has 2 aromatic carbocycles. The third-order valence-electron chi connectivity index (χ3n) is 2.68. The molecule has 2 N–H and O–H groups in total. The Bertz CT molecular complexity index is 686. The number of carbonyl (C=O) groups excluding carboxylic acids is 1. The summed E-state index contributed by atoms with van der Waals surface area (Å²) in [4.78, 5) is 12.0. The van der Waals surface area contributed by atoms with Gasteiger partial charge in [0, 0.05) is 0 Å². The first kappa shape index (κ1) is 15.2. The normalized spacial score (nSPS) is 11.2. The quantitative estimate of drug-likeness (QED) is 0.867. The topological polar surface area (TPSA) is 49.3 Å². The minimum Gasteiger partial charge on any atom is -0.508 e. The highest BCUT2D eigenvalue weighted by atomic mass is 35.5. The number of hydrogen-bond donors (Lipinski definition) is 2. The average Bonchev–Trinajstić information content (AvgIpc) is 2.41. The Kier molecular flexibility index (Phi) is 4.09. The van der Waals surface area contributed by atoms with Crippen LogP contribution in [0.3, 0.4) is 0 Å². The lowest BCUT2D eigenvalue weighted by atomic mass is 10.1. The van der Waals surface area contributed by atoms with E-state index in [2.05, 4.69) is 5.32 Å². The van der Waals surface area contributed by atoms with E-state index < -0.39 is 17.6 Å². The van der Waals surface area contributed by atoms with Crippen molar-refractivity contribution in [3.05, 3.63) is 58.6 Å². The van der Waals surface area contributed by atoms with Crippen LogP contribution in [0.15, 0.2) is 42.5 Å². The van der Waals surface area contributed by atoms with Crippen LogP contribution in [-0.2, 0) is 6.18 Å². The first-order valence-electron chi connectivity index (χ1n) is 5.75. The Morgan fingerprint density at radius 3 is 2.48 bits per heavy atom. The number of alkyl halides is 3. The molecule has 0 heterocycles. The number of carbonyl (C=O) groups is 1. The van der Waals surface area contributed by atoms with Gasteiger partial charge < -0.3 is 10.4 Å².